The smallest absolute Gasteiger partial charge is 0.0620 e. The zero-order chi connectivity index (χ0) is 88.2. The topological polar surface area (TPSA) is 19.4 Å². The summed E-state index contributed by atoms with van der Waals surface area (Å²) < 4.78 is 0. The monoisotopic (exact) mass is 1670 g/mol. The average molecular weight is 1670 g/mol. The van der Waals surface area contributed by atoms with Gasteiger partial charge in [-0.1, -0.05) is 315 Å². The van der Waals surface area contributed by atoms with Gasteiger partial charge in [-0.2, -0.15) is 0 Å². The Balaban J connectivity index is 0.759. The highest BCUT2D eigenvalue weighted by atomic mass is 15.2. The third-order valence-corrected chi connectivity index (χ3v) is 26.2. The summed E-state index contributed by atoms with van der Waals surface area (Å²) in [5, 5.41) is 13.6. The quantitative estimate of drug-likeness (QED) is 0.0524. The average Bonchev–Trinajstić information content (AvgIpc) is 0.715. The van der Waals surface area contributed by atoms with Crippen molar-refractivity contribution in [3.05, 3.63) is 492 Å². The van der Waals surface area contributed by atoms with E-state index in [4.69, 9.17) is 0 Å². The number of para-hydroxylation sites is 7. The highest BCUT2D eigenvalue weighted by Crippen LogP contribution is 2.58. The summed E-state index contributed by atoms with van der Waals surface area (Å²) >= 11 is 0. The minimum Gasteiger partial charge on any atom is -0.309 e. The number of hydrogen-bond donors (Lipinski definition) is 0. The van der Waals surface area contributed by atoms with Crippen molar-refractivity contribution in [1.82, 2.24) is 0 Å². The Hall–Kier alpha value is -16.0. The fraction of sp³-hybridized carbons (Fsp3) is 0.0806. The molecule has 6 heteroatoms. The van der Waals surface area contributed by atoms with Crippen molar-refractivity contribution in [1.29, 1.82) is 0 Å². The van der Waals surface area contributed by atoms with Gasteiger partial charge in [-0.05, 0) is 257 Å². The summed E-state index contributed by atoms with van der Waals surface area (Å²) in [7, 11) is 0. The Morgan fingerprint density at radius 1 is 0.146 bits per heavy atom. The first-order valence-corrected chi connectivity index (χ1v) is 45.2. The highest BCUT2D eigenvalue weighted by molar-refractivity contribution is 6.28. The molecule has 0 amide bonds. The Bertz CT molecular complexity index is 7810. The van der Waals surface area contributed by atoms with Crippen molar-refractivity contribution in [2.24, 2.45) is 0 Å². The fourth-order valence-electron chi connectivity index (χ4n) is 20.0. The highest BCUT2D eigenvalue weighted by Gasteiger charge is 2.33. The minimum atomic E-state index is 0.720. The molecule has 0 atom stereocenters. The van der Waals surface area contributed by atoms with Crippen LogP contribution in [-0.2, 0) is 6.42 Å². The van der Waals surface area contributed by atoms with E-state index >= 15 is 0 Å². The van der Waals surface area contributed by atoms with E-state index < -0.39 is 0 Å². The number of anilines is 18. The van der Waals surface area contributed by atoms with Gasteiger partial charge in [0, 0.05) is 133 Å². The van der Waals surface area contributed by atoms with E-state index in [0.717, 1.165) is 196 Å². The van der Waals surface area contributed by atoms with E-state index in [1.54, 1.807) is 0 Å². The summed E-state index contributed by atoms with van der Waals surface area (Å²) in [5.74, 6) is 0. The zero-order valence-corrected chi connectivity index (χ0v) is 74.9. The molecule has 0 aromatic heterocycles. The number of rotatable bonds is 21. The standard InChI is InChI=1S/C124H100N6/c1-82-62-69-97(70-63-82)125(95-43-12-10-13-44-95)119-101-49-21-23-51-103(101)120(104-52-24-22-50-102(104)119)126(96-45-14-11-15-46-96)98-71-64-91(65-72-98)79-92-66-75-118(90(9)78-92)130(117-61-33-20-42-89(117)8)124-108-56-28-26-54-106(108)122(129(115-59-31-18-40-87(115)6)116-60-32-19-41-88(116)7)110-74-68-94(81-112(110)124)93-67-73-109-111(80-93)123(128(100-48-35-37-84(3)77-100)114-58-30-17-39-86(114)5)107-55-27-25-53-105(107)121(109)127(99-47-34-36-83(2)76-99)113-57-29-16-38-85(113)4/h10-78,80-81H,79H2,1-9H3. The fourth-order valence-corrected chi connectivity index (χ4v) is 20.0. The molecule has 0 saturated carbocycles. The molecular formula is C124H100N6. The van der Waals surface area contributed by atoms with Crippen LogP contribution in [0.2, 0.25) is 0 Å². The summed E-state index contributed by atoms with van der Waals surface area (Å²) in [6.45, 7) is 20.1. The van der Waals surface area contributed by atoms with Crippen molar-refractivity contribution < 1.29 is 0 Å². The predicted molar refractivity (Wildman–Crippen MR) is 557 cm³/mol. The third-order valence-electron chi connectivity index (χ3n) is 26.2. The Kier molecular flexibility index (Phi) is 21.4. The van der Waals surface area contributed by atoms with Crippen LogP contribution in [0.1, 0.15) is 61.2 Å². The second kappa shape index (κ2) is 34.4. The summed E-state index contributed by atoms with van der Waals surface area (Å²) in [4.78, 5) is 15.1. The first-order valence-electron chi connectivity index (χ1n) is 45.2. The van der Waals surface area contributed by atoms with Crippen LogP contribution in [0.15, 0.2) is 431 Å². The van der Waals surface area contributed by atoms with E-state index in [2.05, 4.69) is 522 Å². The van der Waals surface area contributed by atoms with Gasteiger partial charge in [0.05, 0.1) is 34.1 Å². The van der Waals surface area contributed by atoms with E-state index in [1.807, 2.05) is 0 Å². The number of aryl methyl sites for hydroxylation is 9. The van der Waals surface area contributed by atoms with Crippen molar-refractivity contribution in [2.75, 3.05) is 29.4 Å². The van der Waals surface area contributed by atoms with Crippen LogP contribution >= 0.6 is 0 Å². The molecule has 0 fully saturated rings. The van der Waals surface area contributed by atoms with Crippen LogP contribution in [-0.4, -0.2) is 0 Å². The van der Waals surface area contributed by atoms with E-state index in [1.165, 1.54) is 50.1 Å². The molecule has 21 rings (SSSR count). The lowest BCUT2D eigenvalue weighted by atomic mass is 9.90. The molecule has 0 heterocycles. The van der Waals surface area contributed by atoms with Gasteiger partial charge in [-0.3, -0.25) is 0 Å². The van der Waals surface area contributed by atoms with Gasteiger partial charge >= 0.3 is 0 Å². The molecule has 0 bridgehead atoms. The molecule has 0 aliphatic rings. The van der Waals surface area contributed by atoms with Crippen molar-refractivity contribution in [3.63, 3.8) is 0 Å². The summed E-state index contributed by atoms with van der Waals surface area (Å²) in [6.07, 6.45) is 0.720. The Morgan fingerprint density at radius 3 is 0.754 bits per heavy atom. The number of nitrogens with zero attached hydrogens (tertiary/aromatic N) is 6. The van der Waals surface area contributed by atoms with Gasteiger partial charge in [0.2, 0.25) is 0 Å². The van der Waals surface area contributed by atoms with Gasteiger partial charge in [0.15, 0.2) is 0 Å². The molecular weight excluding hydrogens is 1570 g/mol. The lowest BCUT2D eigenvalue weighted by molar-refractivity contribution is 1.16. The predicted octanol–water partition coefficient (Wildman–Crippen LogP) is 35.5. The van der Waals surface area contributed by atoms with E-state index in [-0.39, 0.29) is 0 Å². The lowest BCUT2D eigenvalue weighted by Gasteiger charge is -2.35. The first-order chi connectivity index (χ1) is 63.8. The zero-order valence-electron chi connectivity index (χ0n) is 74.9. The van der Waals surface area contributed by atoms with Gasteiger partial charge in [0.25, 0.3) is 0 Å². The maximum absolute atomic E-state index is 2.59. The maximum atomic E-state index is 2.59. The normalized spacial score (nSPS) is 11.5. The second-order valence-electron chi connectivity index (χ2n) is 34.9. The summed E-state index contributed by atoms with van der Waals surface area (Å²) in [5.41, 5.74) is 35.1. The number of fused-ring (bicyclic) bond motifs is 6. The molecule has 0 saturated heterocycles. The molecule has 626 valence electrons. The molecule has 6 nitrogen and oxygen atoms in total. The van der Waals surface area contributed by atoms with Crippen LogP contribution in [0, 0.1) is 62.3 Å². The van der Waals surface area contributed by atoms with E-state index in [9.17, 15) is 0 Å². The van der Waals surface area contributed by atoms with Crippen molar-refractivity contribution >= 4 is 167 Å². The lowest BCUT2D eigenvalue weighted by Crippen LogP contribution is -2.17. The summed E-state index contributed by atoms with van der Waals surface area (Å²) in [6, 6.07) is 161. The van der Waals surface area contributed by atoms with Gasteiger partial charge in [-0.15, -0.1) is 0 Å². The molecule has 21 aromatic rings. The largest absolute Gasteiger partial charge is 0.309 e. The van der Waals surface area contributed by atoms with E-state index in [0.29, 0.717) is 0 Å². The third kappa shape index (κ3) is 14.7. The van der Waals surface area contributed by atoms with Crippen LogP contribution in [0.5, 0.6) is 0 Å². The molecule has 0 unspecified atom stereocenters. The Morgan fingerprint density at radius 2 is 0.408 bits per heavy atom. The first kappa shape index (κ1) is 81.0. The number of hydrogen-bond acceptors (Lipinski definition) is 6. The molecule has 0 spiro atoms. The molecule has 0 N–H and O–H groups in total. The molecule has 0 radical (unpaired) electrons. The van der Waals surface area contributed by atoms with Gasteiger partial charge in [0.1, 0.15) is 0 Å². The van der Waals surface area contributed by atoms with Crippen molar-refractivity contribution in [3.8, 4) is 11.1 Å². The molecule has 0 aliphatic carbocycles. The van der Waals surface area contributed by atoms with Crippen LogP contribution in [0.4, 0.5) is 102 Å². The van der Waals surface area contributed by atoms with Crippen LogP contribution in [0.3, 0.4) is 0 Å². The van der Waals surface area contributed by atoms with Crippen LogP contribution < -0.4 is 29.4 Å². The van der Waals surface area contributed by atoms with Crippen LogP contribution in [0.25, 0.3) is 75.8 Å². The minimum absolute atomic E-state index is 0.720. The Labute approximate surface area is 763 Å². The second-order valence-corrected chi connectivity index (χ2v) is 34.9. The van der Waals surface area contributed by atoms with Gasteiger partial charge in [-0.25, -0.2) is 0 Å². The molecule has 130 heavy (non-hydrogen) atoms. The number of benzene rings is 21. The SMILES string of the molecule is Cc1ccc(N(c2ccccc2)c2c3ccccc3c(N(c3ccccc3)c3ccc(Cc4ccc(N(c5ccccc5C)c5c6ccccc6c(N(c6ccccc6C)c6ccccc6C)c6ccc(-c7ccc8c(N(c9cccc(C)c9)c9ccccc9C)c9ccccc9c(N(c9cccc(C)c9)c9ccccc9C)c8c7)cc56)c(C)c4)cc3)c3ccccc23)cc1. The molecule has 0 aliphatic heterocycles. The van der Waals surface area contributed by atoms with Crippen molar-refractivity contribution in [2.45, 2.75) is 68.7 Å². The molecule has 21 aromatic carbocycles. The maximum Gasteiger partial charge on any atom is 0.0620 e. The van der Waals surface area contributed by atoms with Gasteiger partial charge < -0.3 is 29.4 Å².